The van der Waals surface area contributed by atoms with E-state index in [4.69, 9.17) is 4.74 Å². The molecule has 4 atom stereocenters. The summed E-state index contributed by atoms with van der Waals surface area (Å²) in [7, 11) is 0. The molecule has 2 aromatic carbocycles. The average Bonchev–Trinajstić information content (AvgIpc) is 3.62. The Bertz CT molecular complexity index is 1640. The van der Waals surface area contributed by atoms with Crippen molar-refractivity contribution in [2.45, 2.75) is 76.5 Å². The highest BCUT2D eigenvalue weighted by molar-refractivity contribution is 6.08. The number of amides is 2. The number of alkyl halides is 1. The summed E-state index contributed by atoms with van der Waals surface area (Å²) in [4.78, 5) is 41.1. The summed E-state index contributed by atoms with van der Waals surface area (Å²) < 4.78 is 22.7. The number of ketones is 1. The molecule has 0 bridgehead atoms. The molecule has 0 radical (unpaired) electrons. The minimum atomic E-state index is -1.29. The van der Waals surface area contributed by atoms with E-state index in [0.29, 0.717) is 23.1 Å². The number of hydrogen-bond donors (Lipinski definition) is 1. The lowest BCUT2D eigenvalue weighted by Crippen LogP contribution is -2.53. The molecule has 1 saturated heterocycles. The van der Waals surface area contributed by atoms with Crippen LogP contribution in [-0.2, 0) is 27.5 Å². The van der Waals surface area contributed by atoms with Crippen LogP contribution in [0.5, 0.6) is 0 Å². The fourth-order valence-corrected chi connectivity index (χ4v) is 6.41. The van der Waals surface area contributed by atoms with Crippen molar-refractivity contribution < 1.29 is 23.5 Å². The van der Waals surface area contributed by atoms with Gasteiger partial charge in [0.1, 0.15) is 18.8 Å². The molecule has 1 aliphatic heterocycles. The number of rotatable bonds is 9. The van der Waals surface area contributed by atoms with E-state index in [0.717, 1.165) is 42.4 Å². The smallest absolute Gasteiger partial charge is 0.243 e. The van der Waals surface area contributed by atoms with Crippen LogP contribution in [0.15, 0.2) is 73.2 Å². The minimum absolute atomic E-state index is 0.0473. The maximum Gasteiger partial charge on any atom is 0.243 e. The van der Waals surface area contributed by atoms with Crippen LogP contribution in [0.2, 0.25) is 0 Å². The SMILES string of the molecule is CC(=O)c1cn(CC(=O)N2CC(F)CC2C(=O)NC2CCCCC2OCc2ccccc2)c2ccc(-c3ccnnc3)cc12. The molecule has 2 fully saturated rings. The summed E-state index contributed by atoms with van der Waals surface area (Å²) in [5.74, 6) is -0.860. The molecule has 4 aromatic rings. The van der Waals surface area contributed by atoms with Crippen LogP contribution in [0, 0.1) is 0 Å². The summed E-state index contributed by atoms with van der Waals surface area (Å²) in [6.45, 7) is 1.67. The van der Waals surface area contributed by atoms with Crippen molar-refractivity contribution >= 4 is 28.5 Å². The lowest BCUT2D eigenvalue weighted by molar-refractivity contribution is -0.139. The lowest BCUT2D eigenvalue weighted by atomic mass is 9.92. The fourth-order valence-electron chi connectivity index (χ4n) is 6.41. The standard InChI is InChI=1S/C34H36FN5O4/c1-22(41)28-19-39(30-12-11-24(15-27(28)30)25-13-14-36-37-17-25)20-33(42)40-18-26(35)16-31(40)34(43)38-29-9-5-6-10-32(29)44-21-23-7-3-2-4-8-23/h2-4,7-8,11-15,17,19,26,29,31-32H,5-6,9-10,16,18,20-21H2,1H3,(H,38,43). The summed E-state index contributed by atoms with van der Waals surface area (Å²) in [6, 6.07) is 16.3. The first-order valence-electron chi connectivity index (χ1n) is 15.2. The highest BCUT2D eigenvalue weighted by Gasteiger charge is 2.41. The van der Waals surface area contributed by atoms with Crippen molar-refractivity contribution in [2.75, 3.05) is 6.54 Å². The Labute approximate surface area is 255 Å². The Morgan fingerprint density at radius 3 is 2.61 bits per heavy atom. The van der Waals surface area contributed by atoms with Crippen molar-refractivity contribution in [3.05, 3.63) is 84.3 Å². The van der Waals surface area contributed by atoms with Crippen LogP contribution >= 0.6 is 0 Å². The van der Waals surface area contributed by atoms with Gasteiger partial charge in [0.2, 0.25) is 11.8 Å². The molecule has 9 nitrogen and oxygen atoms in total. The molecule has 6 rings (SSSR count). The normalized spacial score (nSPS) is 21.8. The van der Waals surface area contributed by atoms with Crippen LogP contribution in [0.4, 0.5) is 4.39 Å². The van der Waals surface area contributed by atoms with E-state index in [1.54, 1.807) is 23.2 Å². The molecule has 3 heterocycles. The highest BCUT2D eigenvalue weighted by atomic mass is 19.1. The number of nitrogens with zero attached hydrogens (tertiary/aromatic N) is 4. The number of ether oxygens (including phenoxy) is 1. The van der Waals surface area contributed by atoms with Gasteiger partial charge in [-0.15, -0.1) is 0 Å². The zero-order chi connectivity index (χ0) is 30.6. The third kappa shape index (κ3) is 6.40. The van der Waals surface area contributed by atoms with Crippen LogP contribution in [0.3, 0.4) is 0 Å². The van der Waals surface area contributed by atoms with Crippen molar-refractivity contribution in [1.29, 1.82) is 0 Å². The van der Waals surface area contributed by atoms with E-state index in [2.05, 4.69) is 15.5 Å². The van der Waals surface area contributed by atoms with Gasteiger partial charge < -0.3 is 19.5 Å². The minimum Gasteiger partial charge on any atom is -0.371 e. The van der Waals surface area contributed by atoms with Crippen LogP contribution in [0.1, 0.15) is 54.9 Å². The Kier molecular flexibility index (Phi) is 8.79. The quantitative estimate of drug-likeness (QED) is 0.276. The number of carbonyl (C=O) groups is 3. The largest absolute Gasteiger partial charge is 0.371 e. The number of hydrogen-bond acceptors (Lipinski definition) is 6. The number of fused-ring (bicyclic) bond motifs is 1. The number of likely N-dealkylation sites (tertiary alicyclic amines) is 1. The Morgan fingerprint density at radius 2 is 1.84 bits per heavy atom. The summed E-state index contributed by atoms with van der Waals surface area (Å²) in [5, 5.41) is 11.6. The molecule has 1 saturated carbocycles. The second-order valence-corrected chi connectivity index (χ2v) is 11.7. The van der Waals surface area contributed by atoms with Crippen molar-refractivity contribution in [1.82, 2.24) is 25.0 Å². The van der Waals surface area contributed by atoms with E-state index in [9.17, 15) is 18.8 Å². The monoisotopic (exact) mass is 597 g/mol. The number of Topliss-reactive ketones (excluding diaryl/α,β-unsaturated/α-hetero) is 1. The molecule has 4 unspecified atom stereocenters. The Morgan fingerprint density at radius 1 is 1.02 bits per heavy atom. The first-order valence-corrected chi connectivity index (χ1v) is 15.2. The second kappa shape index (κ2) is 13.1. The molecular formula is C34H36FN5O4. The Balaban J connectivity index is 1.17. The molecule has 228 valence electrons. The van der Waals surface area contributed by atoms with Crippen LogP contribution in [-0.4, -0.2) is 68.2 Å². The topological polar surface area (TPSA) is 106 Å². The summed E-state index contributed by atoms with van der Waals surface area (Å²) in [6.07, 6.45) is 6.99. The van der Waals surface area contributed by atoms with E-state index in [1.807, 2.05) is 54.6 Å². The third-order valence-electron chi connectivity index (χ3n) is 8.69. The number of benzene rings is 2. The zero-order valence-electron chi connectivity index (χ0n) is 24.7. The number of halogens is 1. The van der Waals surface area contributed by atoms with Crippen LogP contribution in [0.25, 0.3) is 22.0 Å². The number of nitrogens with one attached hydrogen (secondary N) is 1. The van der Waals surface area contributed by atoms with Gasteiger partial charge in [-0.2, -0.15) is 10.2 Å². The van der Waals surface area contributed by atoms with Gasteiger partial charge in [0.05, 0.1) is 37.7 Å². The lowest BCUT2D eigenvalue weighted by Gasteiger charge is -2.34. The molecule has 1 aliphatic carbocycles. The predicted octanol–water partition coefficient (Wildman–Crippen LogP) is 4.88. The molecule has 2 amide bonds. The van der Waals surface area contributed by atoms with Crippen molar-refractivity contribution in [3.8, 4) is 11.1 Å². The molecule has 44 heavy (non-hydrogen) atoms. The van der Waals surface area contributed by atoms with E-state index < -0.39 is 12.2 Å². The van der Waals surface area contributed by atoms with Crippen molar-refractivity contribution in [3.63, 3.8) is 0 Å². The van der Waals surface area contributed by atoms with Gasteiger partial charge in [0.15, 0.2) is 5.78 Å². The van der Waals surface area contributed by atoms with E-state index >= 15 is 0 Å². The first kappa shape index (κ1) is 29.6. The van der Waals surface area contributed by atoms with Gasteiger partial charge in [-0.1, -0.05) is 49.2 Å². The van der Waals surface area contributed by atoms with Gasteiger partial charge in [-0.3, -0.25) is 14.4 Å². The molecule has 2 aromatic heterocycles. The van der Waals surface area contributed by atoms with E-state index in [1.165, 1.54) is 11.8 Å². The van der Waals surface area contributed by atoms with Crippen LogP contribution < -0.4 is 5.32 Å². The summed E-state index contributed by atoms with van der Waals surface area (Å²) in [5.41, 5.74) is 3.96. The first-order chi connectivity index (χ1) is 21.4. The Hall–Kier alpha value is -4.44. The fraction of sp³-hybridized carbons (Fsp3) is 0.382. The molecule has 1 N–H and O–H groups in total. The maximum absolute atomic E-state index is 14.8. The number of carbonyl (C=O) groups excluding carboxylic acids is 3. The molecular weight excluding hydrogens is 561 g/mol. The molecule has 0 spiro atoms. The summed E-state index contributed by atoms with van der Waals surface area (Å²) >= 11 is 0. The van der Waals surface area contributed by atoms with Crippen molar-refractivity contribution in [2.24, 2.45) is 0 Å². The average molecular weight is 598 g/mol. The van der Waals surface area contributed by atoms with E-state index in [-0.39, 0.29) is 49.3 Å². The third-order valence-corrected chi connectivity index (χ3v) is 8.69. The molecule has 2 aliphatic rings. The number of aromatic nitrogens is 3. The van der Waals surface area contributed by atoms with Gasteiger partial charge in [0.25, 0.3) is 0 Å². The maximum atomic E-state index is 14.8. The second-order valence-electron chi connectivity index (χ2n) is 11.7. The van der Waals surface area contributed by atoms with Gasteiger partial charge in [-0.25, -0.2) is 4.39 Å². The van der Waals surface area contributed by atoms with Gasteiger partial charge in [-0.05, 0) is 49.1 Å². The predicted molar refractivity (Wildman–Crippen MR) is 163 cm³/mol. The van der Waals surface area contributed by atoms with Gasteiger partial charge in [0, 0.05) is 34.6 Å². The molecule has 10 heteroatoms. The zero-order valence-corrected chi connectivity index (χ0v) is 24.7. The highest BCUT2D eigenvalue weighted by Crippen LogP contribution is 2.30. The van der Waals surface area contributed by atoms with Gasteiger partial charge >= 0.3 is 0 Å².